The van der Waals surface area contributed by atoms with Gasteiger partial charge in [0.25, 0.3) is 0 Å². The first-order valence-corrected chi connectivity index (χ1v) is 5.35. The first kappa shape index (κ1) is 14.0. The summed E-state index contributed by atoms with van der Waals surface area (Å²) in [5.74, 6) is -1.26. The largest absolute Gasteiger partial charge is 0.480 e. The van der Waals surface area contributed by atoms with Gasteiger partial charge in [0.05, 0.1) is 5.56 Å². The second kappa shape index (κ2) is 5.05. The van der Waals surface area contributed by atoms with Crippen LogP contribution in [0.25, 0.3) is 0 Å². The van der Waals surface area contributed by atoms with Gasteiger partial charge in [-0.05, 0) is 30.2 Å². The van der Waals surface area contributed by atoms with Crippen molar-refractivity contribution in [2.75, 3.05) is 0 Å². The summed E-state index contributed by atoms with van der Waals surface area (Å²) in [5, 5.41) is 8.60. The molecule has 1 unspecified atom stereocenters. The van der Waals surface area contributed by atoms with Crippen LogP contribution in [0.2, 0.25) is 0 Å². The Bertz CT molecular complexity index is 434. The smallest absolute Gasteiger partial charge is 0.416 e. The highest BCUT2D eigenvalue weighted by Gasteiger charge is 2.31. The van der Waals surface area contributed by atoms with E-state index in [0.717, 1.165) is 12.1 Å². The number of halogens is 4. The Hall–Kier alpha value is -1.08. The van der Waals surface area contributed by atoms with E-state index in [2.05, 4.69) is 15.9 Å². The molecule has 0 amide bonds. The van der Waals surface area contributed by atoms with Gasteiger partial charge in [-0.1, -0.05) is 15.9 Å². The zero-order valence-corrected chi connectivity index (χ0v) is 10.0. The molecule has 1 atom stereocenters. The molecule has 3 nitrogen and oxygen atoms in total. The van der Waals surface area contributed by atoms with Crippen molar-refractivity contribution in [3.05, 3.63) is 33.8 Å². The first-order chi connectivity index (χ1) is 7.71. The Labute approximate surface area is 104 Å². The van der Waals surface area contributed by atoms with Crippen LogP contribution in [0.1, 0.15) is 11.1 Å². The third-order valence-corrected chi connectivity index (χ3v) is 2.90. The Kier molecular flexibility index (Phi) is 4.16. The number of carbonyl (C=O) groups is 1. The number of benzene rings is 1. The maximum Gasteiger partial charge on any atom is 0.416 e. The summed E-state index contributed by atoms with van der Waals surface area (Å²) in [5.41, 5.74) is 4.67. The summed E-state index contributed by atoms with van der Waals surface area (Å²) in [6, 6.07) is 1.81. The molecule has 0 aromatic heterocycles. The number of hydrogen-bond donors (Lipinski definition) is 2. The van der Waals surface area contributed by atoms with E-state index in [9.17, 15) is 18.0 Å². The van der Waals surface area contributed by atoms with Crippen LogP contribution in [0, 0.1) is 0 Å². The summed E-state index contributed by atoms with van der Waals surface area (Å²) in [6.07, 6.45) is -4.62. The molecule has 0 aliphatic rings. The van der Waals surface area contributed by atoms with E-state index in [1.165, 1.54) is 6.07 Å². The van der Waals surface area contributed by atoms with Crippen molar-refractivity contribution < 1.29 is 23.1 Å². The van der Waals surface area contributed by atoms with E-state index in [-0.39, 0.29) is 12.0 Å². The van der Waals surface area contributed by atoms with Gasteiger partial charge in [0.15, 0.2) is 0 Å². The minimum atomic E-state index is -4.46. The fraction of sp³-hybridized carbons (Fsp3) is 0.300. The van der Waals surface area contributed by atoms with Gasteiger partial charge in [0.2, 0.25) is 0 Å². The molecular weight excluding hydrogens is 303 g/mol. The number of rotatable bonds is 3. The van der Waals surface area contributed by atoms with Gasteiger partial charge >= 0.3 is 12.1 Å². The summed E-state index contributed by atoms with van der Waals surface area (Å²) in [4.78, 5) is 10.5. The molecule has 3 N–H and O–H groups in total. The van der Waals surface area contributed by atoms with E-state index < -0.39 is 23.8 Å². The van der Waals surface area contributed by atoms with Gasteiger partial charge in [-0.3, -0.25) is 4.79 Å². The van der Waals surface area contributed by atoms with Gasteiger partial charge in [0.1, 0.15) is 6.04 Å². The van der Waals surface area contributed by atoms with Crippen molar-refractivity contribution in [2.45, 2.75) is 18.6 Å². The summed E-state index contributed by atoms with van der Waals surface area (Å²) < 4.78 is 37.7. The van der Waals surface area contributed by atoms with Crippen molar-refractivity contribution in [3.8, 4) is 0 Å². The number of hydrogen-bond acceptors (Lipinski definition) is 2. The number of carboxylic acids is 1. The lowest BCUT2D eigenvalue weighted by Gasteiger charge is -2.12. The predicted molar refractivity (Wildman–Crippen MR) is 58.5 cm³/mol. The average molecular weight is 312 g/mol. The van der Waals surface area contributed by atoms with Crippen molar-refractivity contribution in [1.29, 1.82) is 0 Å². The van der Waals surface area contributed by atoms with Crippen LogP contribution >= 0.6 is 15.9 Å². The Morgan fingerprint density at radius 2 is 2.06 bits per heavy atom. The third kappa shape index (κ3) is 3.71. The minimum absolute atomic E-state index is 0.167. The van der Waals surface area contributed by atoms with Crippen molar-refractivity contribution >= 4 is 21.9 Å². The number of aliphatic carboxylic acids is 1. The van der Waals surface area contributed by atoms with Crippen molar-refractivity contribution in [2.24, 2.45) is 5.73 Å². The highest BCUT2D eigenvalue weighted by atomic mass is 79.9. The van der Waals surface area contributed by atoms with Gasteiger partial charge in [-0.25, -0.2) is 0 Å². The van der Waals surface area contributed by atoms with Crippen LogP contribution in [0.15, 0.2) is 22.7 Å². The van der Waals surface area contributed by atoms with Gasteiger partial charge in [-0.2, -0.15) is 13.2 Å². The molecule has 0 aliphatic heterocycles. The van der Waals surface area contributed by atoms with Crippen LogP contribution in [0.5, 0.6) is 0 Å². The normalized spacial score (nSPS) is 13.5. The summed E-state index contributed by atoms with van der Waals surface area (Å²) >= 11 is 3.06. The highest BCUT2D eigenvalue weighted by molar-refractivity contribution is 9.10. The molecule has 0 spiro atoms. The second-order valence-corrected chi connectivity index (χ2v) is 4.31. The summed E-state index contributed by atoms with van der Waals surface area (Å²) in [6.45, 7) is 0. The molecule has 1 rings (SSSR count). The van der Waals surface area contributed by atoms with E-state index >= 15 is 0 Å². The first-order valence-electron chi connectivity index (χ1n) is 4.56. The molecule has 94 valence electrons. The Morgan fingerprint density at radius 1 is 1.47 bits per heavy atom. The predicted octanol–water partition coefficient (Wildman–Crippen LogP) is 2.42. The summed E-state index contributed by atoms with van der Waals surface area (Å²) in [7, 11) is 0. The minimum Gasteiger partial charge on any atom is -0.480 e. The van der Waals surface area contributed by atoms with Gasteiger partial charge in [0, 0.05) is 4.47 Å². The maximum atomic E-state index is 12.4. The number of alkyl halides is 3. The SMILES string of the molecule is NC(Cc1cc(C(F)(F)F)ccc1Br)C(=O)O. The molecule has 0 bridgehead atoms. The lowest BCUT2D eigenvalue weighted by molar-refractivity contribution is -0.138. The average Bonchev–Trinajstić information content (AvgIpc) is 2.19. The Balaban J connectivity index is 3.03. The second-order valence-electron chi connectivity index (χ2n) is 3.45. The molecule has 1 aromatic rings. The molecule has 0 radical (unpaired) electrons. The van der Waals surface area contributed by atoms with E-state index in [1.807, 2.05) is 0 Å². The van der Waals surface area contributed by atoms with Gasteiger partial charge in [-0.15, -0.1) is 0 Å². The fourth-order valence-corrected chi connectivity index (χ4v) is 1.64. The lowest BCUT2D eigenvalue weighted by Crippen LogP contribution is -2.32. The third-order valence-electron chi connectivity index (χ3n) is 2.13. The standard InChI is InChI=1S/C10H9BrF3NO2/c11-7-2-1-6(10(12,13)14)3-5(7)4-8(15)9(16)17/h1-3,8H,4,15H2,(H,16,17). The monoisotopic (exact) mass is 311 g/mol. The number of carboxylic acid groups (broad SMARTS) is 1. The van der Waals surface area contributed by atoms with Crippen LogP contribution in [0.3, 0.4) is 0 Å². The molecule has 0 saturated heterocycles. The molecule has 0 fully saturated rings. The van der Waals surface area contributed by atoms with Crippen LogP contribution in [0.4, 0.5) is 13.2 Å². The molecule has 7 heteroatoms. The molecule has 17 heavy (non-hydrogen) atoms. The van der Waals surface area contributed by atoms with E-state index in [1.54, 1.807) is 0 Å². The maximum absolute atomic E-state index is 12.4. The molecule has 0 aliphatic carbocycles. The zero-order chi connectivity index (χ0) is 13.2. The van der Waals surface area contributed by atoms with E-state index in [0.29, 0.717) is 4.47 Å². The lowest BCUT2D eigenvalue weighted by atomic mass is 10.0. The van der Waals surface area contributed by atoms with Gasteiger partial charge < -0.3 is 10.8 Å². The molecule has 0 heterocycles. The van der Waals surface area contributed by atoms with Crippen LogP contribution in [-0.2, 0) is 17.4 Å². The quantitative estimate of drug-likeness (QED) is 0.901. The fourth-order valence-electron chi connectivity index (χ4n) is 1.23. The van der Waals surface area contributed by atoms with Crippen molar-refractivity contribution in [1.82, 2.24) is 0 Å². The highest BCUT2D eigenvalue weighted by Crippen LogP contribution is 2.32. The molecule has 1 aromatic carbocycles. The topological polar surface area (TPSA) is 63.3 Å². The van der Waals surface area contributed by atoms with Crippen molar-refractivity contribution in [3.63, 3.8) is 0 Å². The van der Waals surface area contributed by atoms with Crippen LogP contribution < -0.4 is 5.73 Å². The van der Waals surface area contributed by atoms with Crippen LogP contribution in [-0.4, -0.2) is 17.1 Å². The van der Waals surface area contributed by atoms with E-state index in [4.69, 9.17) is 10.8 Å². The number of nitrogens with two attached hydrogens (primary N) is 1. The molecule has 0 saturated carbocycles. The zero-order valence-electron chi connectivity index (χ0n) is 8.46. The Morgan fingerprint density at radius 3 is 2.53 bits per heavy atom. The molecular formula is C10H9BrF3NO2.